The molecule has 2 aliphatic carbocycles. The summed E-state index contributed by atoms with van der Waals surface area (Å²) in [7, 11) is 0. The van der Waals surface area contributed by atoms with Crippen molar-refractivity contribution in [3.63, 3.8) is 0 Å². The van der Waals surface area contributed by atoms with Gasteiger partial charge in [0.2, 0.25) is 5.95 Å². The standard InChI is InChI=1S/C31H34N6O3/c32-25-23-7-2-1-4-19(23)17-30(25)11-13-37(14-12-30)29-33-27-24(28(38)34-29)26(35-36-27)31(9-10-31)20-5-3-6-21(16-20)40-22-8-15-39-18-22/h1-7,16,22,25H,8-15,17-18,32H2,(H2,33,34,35,36,38)/t22?,25-/m1/s1. The number of piperidine rings is 1. The van der Waals surface area contributed by atoms with Crippen LogP contribution in [0.15, 0.2) is 53.3 Å². The Morgan fingerprint density at radius 2 is 1.93 bits per heavy atom. The third-order valence-electron chi connectivity index (χ3n) is 9.85. The van der Waals surface area contributed by atoms with Gasteiger partial charge in [0.1, 0.15) is 17.2 Å². The molecule has 0 bridgehead atoms. The number of anilines is 1. The van der Waals surface area contributed by atoms with E-state index in [2.05, 4.69) is 56.5 Å². The maximum Gasteiger partial charge on any atom is 0.263 e. The molecule has 4 heterocycles. The zero-order valence-corrected chi connectivity index (χ0v) is 22.5. The molecular weight excluding hydrogens is 504 g/mol. The summed E-state index contributed by atoms with van der Waals surface area (Å²) in [5, 5.41) is 8.32. The maximum absolute atomic E-state index is 13.5. The van der Waals surface area contributed by atoms with Gasteiger partial charge in [0.25, 0.3) is 5.56 Å². The summed E-state index contributed by atoms with van der Waals surface area (Å²) in [6, 6.07) is 16.8. The fraction of sp³-hybridized carbons (Fsp3) is 0.452. The second kappa shape index (κ2) is 8.91. The average molecular weight is 539 g/mol. The van der Waals surface area contributed by atoms with Crippen molar-refractivity contribution in [2.45, 2.75) is 56.1 Å². The number of hydrogen-bond donors (Lipinski definition) is 3. The summed E-state index contributed by atoms with van der Waals surface area (Å²) >= 11 is 0. The average Bonchev–Trinajstić information content (AvgIpc) is 3.26. The number of nitrogens with one attached hydrogen (secondary N) is 2. The number of rotatable bonds is 5. The SMILES string of the molecule is N[C@@H]1c2ccccc2CC12CCN(c1nc3[nH]nc(C4(c5cccc(OC6CCOC6)c5)CC4)c3c(=O)[nH]1)CC2. The molecule has 9 nitrogen and oxygen atoms in total. The molecule has 0 radical (unpaired) electrons. The van der Waals surface area contributed by atoms with Gasteiger partial charge in [-0.3, -0.25) is 14.9 Å². The smallest absolute Gasteiger partial charge is 0.263 e. The highest BCUT2D eigenvalue weighted by atomic mass is 16.5. The van der Waals surface area contributed by atoms with E-state index in [0.717, 1.165) is 75.2 Å². The van der Waals surface area contributed by atoms with Gasteiger partial charge in [-0.25, -0.2) is 0 Å². The van der Waals surface area contributed by atoms with Gasteiger partial charge >= 0.3 is 0 Å². The maximum atomic E-state index is 13.5. The van der Waals surface area contributed by atoms with E-state index in [1.54, 1.807) is 0 Å². The normalized spacial score (nSPS) is 24.5. The van der Waals surface area contributed by atoms with Crippen molar-refractivity contribution in [2.75, 3.05) is 31.2 Å². The fourth-order valence-electron chi connectivity index (χ4n) is 7.34. The van der Waals surface area contributed by atoms with Crippen LogP contribution in [0.1, 0.15) is 60.5 Å². The van der Waals surface area contributed by atoms with Gasteiger partial charge in [-0.1, -0.05) is 36.4 Å². The van der Waals surface area contributed by atoms with E-state index >= 15 is 0 Å². The van der Waals surface area contributed by atoms with Crippen LogP contribution in [0.4, 0.5) is 5.95 Å². The van der Waals surface area contributed by atoms with Gasteiger partial charge in [0, 0.05) is 31.0 Å². The van der Waals surface area contributed by atoms with Crippen LogP contribution in [-0.4, -0.2) is 52.6 Å². The first-order valence-electron chi connectivity index (χ1n) is 14.5. The molecule has 4 N–H and O–H groups in total. The molecule has 2 aromatic heterocycles. The van der Waals surface area contributed by atoms with Crippen LogP contribution in [0, 0.1) is 5.41 Å². The summed E-state index contributed by atoms with van der Waals surface area (Å²) in [6.45, 7) is 2.98. The first-order valence-corrected chi connectivity index (χ1v) is 14.5. The van der Waals surface area contributed by atoms with E-state index in [-0.39, 0.29) is 28.5 Å². The number of hydrogen-bond acceptors (Lipinski definition) is 7. The molecule has 1 unspecified atom stereocenters. The highest BCUT2D eigenvalue weighted by Crippen LogP contribution is 2.55. The zero-order chi connectivity index (χ0) is 26.9. The van der Waals surface area contributed by atoms with Crippen LogP contribution in [-0.2, 0) is 16.6 Å². The van der Waals surface area contributed by atoms with Crippen LogP contribution >= 0.6 is 0 Å². The lowest BCUT2D eigenvalue weighted by molar-refractivity contribution is 0.141. The minimum absolute atomic E-state index is 0.0561. The molecule has 2 aromatic carbocycles. The van der Waals surface area contributed by atoms with Crippen molar-refractivity contribution < 1.29 is 9.47 Å². The molecule has 2 atom stereocenters. The van der Waals surface area contributed by atoms with Crippen LogP contribution in [0.2, 0.25) is 0 Å². The van der Waals surface area contributed by atoms with Gasteiger partial charge in [-0.15, -0.1) is 0 Å². The molecule has 2 aliphatic heterocycles. The van der Waals surface area contributed by atoms with Crippen molar-refractivity contribution in [3.8, 4) is 5.75 Å². The highest BCUT2D eigenvalue weighted by molar-refractivity contribution is 5.80. The summed E-state index contributed by atoms with van der Waals surface area (Å²) in [5.74, 6) is 1.44. The Hall–Kier alpha value is -3.69. The van der Waals surface area contributed by atoms with Crippen molar-refractivity contribution in [1.82, 2.24) is 20.2 Å². The minimum Gasteiger partial charge on any atom is -0.488 e. The number of nitrogens with zero attached hydrogens (tertiary/aromatic N) is 3. The second-order valence-corrected chi connectivity index (χ2v) is 12.1. The highest BCUT2D eigenvalue weighted by Gasteiger charge is 2.50. The van der Waals surface area contributed by atoms with Crippen molar-refractivity contribution in [2.24, 2.45) is 11.1 Å². The van der Waals surface area contributed by atoms with Crippen LogP contribution in [0.5, 0.6) is 5.75 Å². The summed E-state index contributed by atoms with van der Waals surface area (Å²) in [5.41, 5.74) is 11.5. The van der Waals surface area contributed by atoms with E-state index in [1.165, 1.54) is 11.1 Å². The van der Waals surface area contributed by atoms with E-state index in [0.29, 0.717) is 23.6 Å². The van der Waals surface area contributed by atoms with E-state index in [1.807, 2.05) is 12.1 Å². The predicted octanol–water partition coefficient (Wildman–Crippen LogP) is 3.74. The van der Waals surface area contributed by atoms with E-state index in [4.69, 9.17) is 20.2 Å². The summed E-state index contributed by atoms with van der Waals surface area (Å²) in [4.78, 5) is 23.7. The number of fused-ring (bicyclic) bond motifs is 2. The molecule has 1 spiro atoms. The molecule has 206 valence electrons. The van der Waals surface area contributed by atoms with Crippen LogP contribution in [0.3, 0.4) is 0 Å². The number of aromatic amines is 2. The van der Waals surface area contributed by atoms with Crippen LogP contribution < -0.4 is 20.9 Å². The Balaban J connectivity index is 1.05. The number of aromatic nitrogens is 4. The van der Waals surface area contributed by atoms with E-state index in [9.17, 15) is 4.79 Å². The molecule has 8 rings (SSSR count). The molecule has 1 saturated carbocycles. The largest absolute Gasteiger partial charge is 0.488 e. The Bertz CT molecular complexity index is 1640. The molecule has 4 aliphatic rings. The number of benzene rings is 2. The lowest BCUT2D eigenvalue weighted by Gasteiger charge is -2.42. The monoisotopic (exact) mass is 538 g/mol. The van der Waals surface area contributed by atoms with Gasteiger partial charge in [0.15, 0.2) is 5.65 Å². The van der Waals surface area contributed by atoms with Crippen LogP contribution in [0.25, 0.3) is 11.0 Å². The minimum atomic E-state index is -0.300. The first-order chi connectivity index (χ1) is 19.5. The lowest BCUT2D eigenvalue weighted by atomic mass is 9.73. The molecule has 9 heteroatoms. The molecule has 40 heavy (non-hydrogen) atoms. The molecule has 4 aromatic rings. The third kappa shape index (κ3) is 3.71. The Kier molecular flexibility index (Phi) is 5.37. The van der Waals surface area contributed by atoms with E-state index < -0.39 is 0 Å². The summed E-state index contributed by atoms with van der Waals surface area (Å²) in [6.07, 6.45) is 5.81. The molecule has 3 fully saturated rings. The molecular formula is C31H34N6O3. The Morgan fingerprint density at radius 1 is 1.07 bits per heavy atom. The quantitative estimate of drug-likeness (QED) is 0.354. The summed E-state index contributed by atoms with van der Waals surface area (Å²) < 4.78 is 11.6. The van der Waals surface area contributed by atoms with Gasteiger partial charge in [-0.2, -0.15) is 10.1 Å². The lowest BCUT2D eigenvalue weighted by Crippen LogP contribution is -2.45. The van der Waals surface area contributed by atoms with Gasteiger partial charge < -0.3 is 20.1 Å². The first kappa shape index (κ1) is 24.1. The molecule has 2 saturated heterocycles. The topological polar surface area (TPSA) is 122 Å². The zero-order valence-electron chi connectivity index (χ0n) is 22.5. The molecule has 0 amide bonds. The predicted molar refractivity (Wildman–Crippen MR) is 152 cm³/mol. The van der Waals surface area contributed by atoms with Crippen molar-refractivity contribution >= 4 is 17.0 Å². The fourth-order valence-corrected chi connectivity index (χ4v) is 7.34. The second-order valence-electron chi connectivity index (χ2n) is 12.1. The number of H-pyrrole nitrogens is 2. The van der Waals surface area contributed by atoms with Crippen molar-refractivity contribution in [3.05, 3.63) is 81.3 Å². The third-order valence-corrected chi connectivity index (χ3v) is 9.85. The Labute approximate surface area is 232 Å². The van der Waals surface area contributed by atoms with Gasteiger partial charge in [0.05, 0.1) is 18.9 Å². The number of nitrogens with two attached hydrogens (primary N) is 1. The van der Waals surface area contributed by atoms with Gasteiger partial charge in [-0.05, 0) is 66.3 Å². The van der Waals surface area contributed by atoms with Crippen molar-refractivity contribution in [1.29, 1.82) is 0 Å². The Morgan fingerprint density at radius 3 is 2.70 bits per heavy atom. The number of ether oxygens (including phenoxy) is 2.